The number of ether oxygens (including phenoxy) is 1. The molecule has 0 spiro atoms. The first-order valence-corrected chi connectivity index (χ1v) is 6.08. The lowest BCUT2D eigenvalue weighted by Crippen LogP contribution is -2.32. The summed E-state index contributed by atoms with van der Waals surface area (Å²) < 4.78 is 18.1. The van der Waals surface area contributed by atoms with Crippen molar-refractivity contribution in [2.45, 2.75) is 11.8 Å². The quantitative estimate of drug-likeness (QED) is 0.809. The molecule has 0 heterocycles. The van der Waals surface area contributed by atoms with Crippen molar-refractivity contribution in [3.05, 3.63) is 29.6 Å². The minimum Gasteiger partial charge on any atom is -0.494 e. The van der Waals surface area contributed by atoms with Crippen LogP contribution in [-0.2, 0) is 10.5 Å². The van der Waals surface area contributed by atoms with Crippen LogP contribution in [0.15, 0.2) is 18.2 Å². The molecule has 0 fully saturated rings. The highest BCUT2D eigenvalue weighted by Gasteiger charge is 2.11. The standard InChI is InChI=1S/C11H14FNO3S/c1-16-10-3-2-7(4-8(10)12)5-17-6-9(13)11(14)15/h2-4,9H,5-6,13H2,1H3,(H,14,15)/t9-/m0/s1. The van der Waals surface area contributed by atoms with Crippen LogP contribution in [0.3, 0.4) is 0 Å². The molecule has 94 valence electrons. The lowest BCUT2D eigenvalue weighted by Gasteiger charge is -2.07. The number of carboxylic acid groups (broad SMARTS) is 1. The zero-order chi connectivity index (χ0) is 12.8. The van der Waals surface area contributed by atoms with Crippen LogP contribution in [-0.4, -0.2) is 30.0 Å². The second-order valence-corrected chi connectivity index (χ2v) is 4.46. The van der Waals surface area contributed by atoms with Gasteiger partial charge in [-0.3, -0.25) is 4.79 Å². The van der Waals surface area contributed by atoms with Crippen LogP contribution >= 0.6 is 11.8 Å². The van der Waals surface area contributed by atoms with E-state index in [0.29, 0.717) is 11.5 Å². The predicted octanol–water partition coefficient (Wildman–Crippen LogP) is 1.48. The lowest BCUT2D eigenvalue weighted by atomic mass is 10.2. The van der Waals surface area contributed by atoms with Crippen molar-refractivity contribution in [3.8, 4) is 5.75 Å². The Bertz CT molecular complexity index is 400. The number of methoxy groups -OCH3 is 1. The average molecular weight is 259 g/mol. The van der Waals surface area contributed by atoms with Gasteiger partial charge in [0.25, 0.3) is 0 Å². The van der Waals surface area contributed by atoms with Crippen molar-refractivity contribution in [3.63, 3.8) is 0 Å². The molecule has 1 aromatic carbocycles. The van der Waals surface area contributed by atoms with Crippen LogP contribution < -0.4 is 10.5 Å². The Balaban J connectivity index is 2.47. The van der Waals surface area contributed by atoms with Crippen LogP contribution in [0.4, 0.5) is 4.39 Å². The Morgan fingerprint density at radius 1 is 1.65 bits per heavy atom. The third kappa shape index (κ3) is 4.24. The fourth-order valence-corrected chi connectivity index (χ4v) is 2.10. The SMILES string of the molecule is COc1ccc(CSC[C@H](N)C(=O)O)cc1F. The van der Waals surface area contributed by atoms with Crippen molar-refractivity contribution in [2.75, 3.05) is 12.9 Å². The molecule has 0 amide bonds. The Hall–Kier alpha value is -1.27. The molecule has 1 rings (SSSR count). The number of hydrogen-bond acceptors (Lipinski definition) is 4. The van der Waals surface area contributed by atoms with E-state index in [1.807, 2.05) is 0 Å². The molecule has 0 radical (unpaired) electrons. The molecular formula is C11H14FNO3S. The Kier molecular flexibility index (Phi) is 5.24. The summed E-state index contributed by atoms with van der Waals surface area (Å²) in [4.78, 5) is 10.5. The summed E-state index contributed by atoms with van der Waals surface area (Å²) in [6.07, 6.45) is 0. The second-order valence-electron chi connectivity index (χ2n) is 3.43. The summed E-state index contributed by atoms with van der Waals surface area (Å²) in [7, 11) is 1.40. The van der Waals surface area contributed by atoms with Crippen LogP contribution in [0.25, 0.3) is 0 Å². The van der Waals surface area contributed by atoms with Gasteiger partial charge in [-0.1, -0.05) is 6.07 Å². The largest absolute Gasteiger partial charge is 0.494 e. The van der Waals surface area contributed by atoms with Crippen molar-refractivity contribution < 1.29 is 19.0 Å². The zero-order valence-electron chi connectivity index (χ0n) is 9.35. The molecule has 0 saturated carbocycles. The predicted molar refractivity (Wildman–Crippen MR) is 64.7 cm³/mol. The van der Waals surface area contributed by atoms with Gasteiger partial charge in [-0.25, -0.2) is 4.39 Å². The first-order chi connectivity index (χ1) is 8.04. The highest BCUT2D eigenvalue weighted by Crippen LogP contribution is 2.20. The number of carbonyl (C=O) groups is 1. The number of hydrogen-bond donors (Lipinski definition) is 2. The molecule has 17 heavy (non-hydrogen) atoms. The van der Waals surface area contributed by atoms with Gasteiger partial charge in [0.1, 0.15) is 6.04 Å². The van der Waals surface area contributed by atoms with Gasteiger partial charge in [-0.15, -0.1) is 0 Å². The maximum atomic E-state index is 13.3. The molecular weight excluding hydrogens is 245 g/mol. The fraction of sp³-hybridized carbons (Fsp3) is 0.364. The number of halogens is 1. The molecule has 6 heteroatoms. The maximum Gasteiger partial charge on any atom is 0.321 e. The molecule has 4 nitrogen and oxygen atoms in total. The third-order valence-corrected chi connectivity index (χ3v) is 3.23. The second kappa shape index (κ2) is 6.46. The number of nitrogens with two attached hydrogens (primary N) is 1. The molecule has 1 atom stereocenters. The smallest absolute Gasteiger partial charge is 0.321 e. The highest BCUT2D eigenvalue weighted by molar-refractivity contribution is 7.98. The monoisotopic (exact) mass is 259 g/mol. The van der Waals surface area contributed by atoms with Crippen molar-refractivity contribution in [1.82, 2.24) is 0 Å². The van der Waals surface area contributed by atoms with Gasteiger partial charge in [-0.05, 0) is 17.7 Å². The van der Waals surface area contributed by atoms with Gasteiger partial charge in [0.05, 0.1) is 7.11 Å². The van der Waals surface area contributed by atoms with Gasteiger partial charge >= 0.3 is 5.97 Å². The zero-order valence-corrected chi connectivity index (χ0v) is 10.2. The Morgan fingerprint density at radius 2 is 2.35 bits per heavy atom. The first kappa shape index (κ1) is 13.8. The molecule has 0 saturated heterocycles. The van der Waals surface area contributed by atoms with E-state index in [0.717, 1.165) is 5.56 Å². The van der Waals surface area contributed by atoms with Gasteiger partial charge in [0.15, 0.2) is 11.6 Å². The summed E-state index contributed by atoms with van der Waals surface area (Å²) in [6, 6.07) is 3.77. The highest BCUT2D eigenvalue weighted by atomic mass is 32.2. The molecule has 0 unspecified atom stereocenters. The summed E-state index contributed by atoms with van der Waals surface area (Å²) in [5.74, 6) is -0.447. The number of carboxylic acids is 1. The molecule has 3 N–H and O–H groups in total. The van der Waals surface area contributed by atoms with Gasteiger partial charge in [0.2, 0.25) is 0 Å². The molecule has 1 aromatic rings. The molecule has 0 bridgehead atoms. The van der Waals surface area contributed by atoms with E-state index in [9.17, 15) is 9.18 Å². The summed E-state index contributed by atoms with van der Waals surface area (Å²) in [6.45, 7) is 0. The summed E-state index contributed by atoms with van der Waals surface area (Å²) in [5, 5.41) is 8.58. The topological polar surface area (TPSA) is 72.5 Å². The van der Waals surface area contributed by atoms with E-state index in [1.54, 1.807) is 12.1 Å². The number of benzene rings is 1. The first-order valence-electron chi connectivity index (χ1n) is 4.93. The van der Waals surface area contributed by atoms with Gasteiger partial charge < -0.3 is 15.6 Å². The van der Waals surface area contributed by atoms with Crippen LogP contribution in [0.1, 0.15) is 5.56 Å². The third-order valence-electron chi connectivity index (χ3n) is 2.10. The van der Waals surface area contributed by atoms with E-state index in [2.05, 4.69) is 0 Å². The van der Waals surface area contributed by atoms with E-state index >= 15 is 0 Å². The number of rotatable bonds is 6. The summed E-state index contributed by atoms with van der Waals surface area (Å²) in [5.41, 5.74) is 6.11. The summed E-state index contributed by atoms with van der Waals surface area (Å²) >= 11 is 1.35. The van der Waals surface area contributed by atoms with Crippen molar-refractivity contribution in [2.24, 2.45) is 5.73 Å². The number of aliphatic carboxylic acids is 1. The van der Waals surface area contributed by atoms with Crippen LogP contribution in [0.5, 0.6) is 5.75 Å². The lowest BCUT2D eigenvalue weighted by molar-refractivity contribution is -0.137. The molecule has 0 aliphatic heterocycles. The Labute approximate surface area is 103 Å². The molecule has 0 aromatic heterocycles. The van der Waals surface area contributed by atoms with E-state index < -0.39 is 17.8 Å². The Morgan fingerprint density at radius 3 is 2.88 bits per heavy atom. The van der Waals surface area contributed by atoms with Gasteiger partial charge in [-0.2, -0.15) is 11.8 Å². The van der Waals surface area contributed by atoms with E-state index in [4.69, 9.17) is 15.6 Å². The minimum atomic E-state index is -1.03. The fourth-order valence-electron chi connectivity index (χ4n) is 1.17. The maximum absolute atomic E-state index is 13.3. The number of thioether (sulfide) groups is 1. The van der Waals surface area contributed by atoms with Crippen molar-refractivity contribution >= 4 is 17.7 Å². The van der Waals surface area contributed by atoms with Crippen molar-refractivity contribution in [1.29, 1.82) is 0 Å². The average Bonchev–Trinajstić information content (AvgIpc) is 2.29. The van der Waals surface area contributed by atoms with Gasteiger partial charge in [0, 0.05) is 11.5 Å². The minimum absolute atomic E-state index is 0.195. The van der Waals surface area contributed by atoms with Crippen LogP contribution in [0.2, 0.25) is 0 Å². The van der Waals surface area contributed by atoms with E-state index in [-0.39, 0.29) is 5.75 Å². The van der Waals surface area contributed by atoms with Crippen LogP contribution in [0, 0.1) is 5.82 Å². The molecule has 0 aliphatic rings. The normalized spacial score (nSPS) is 12.2. The van der Waals surface area contributed by atoms with E-state index in [1.165, 1.54) is 24.9 Å². The molecule has 0 aliphatic carbocycles.